The highest BCUT2D eigenvalue weighted by Gasteiger charge is 2.24. The number of pyridine rings is 1. The lowest BCUT2D eigenvalue weighted by Gasteiger charge is -2.36. The molecule has 8 nitrogen and oxygen atoms in total. The first kappa shape index (κ1) is 24.2. The summed E-state index contributed by atoms with van der Waals surface area (Å²) in [6.45, 7) is 5.66. The van der Waals surface area contributed by atoms with Gasteiger partial charge in [0.1, 0.15) is 0 Å². The van der Waals surface area contributed by atoms with Crippen LogP contribution in [0.2, 0.25) is 0 Å². The van der Waals surface area contributed by atoms with Crippen LogP contribution in [0.3, 0.4) is 0 Å². The molecule has 188 valence electrons. The predicted octanol–water partition coefficient (Wildman–Crippen LogP) is 3.28. The van der Waals surface area contributed by atoms with Crippen LogP contribution in [-0.4, -0.2) is 59.6 Å². The summed E-state index contributed by atoms with van der Waals surface area (Å²) in [7, 11) is 0. The summed E-state index contributed by atoms with van der Waals surface area (Å²) in [5.74, 6) is 1.43. The van der Waals surface area contributed by atoms with E-state index in [1.165, 1.54) is 18.5 Å². The molecule has 1 aromatic carbocycles. The van der Waals surface area contributed by atoms with Crippen molar-refractivity contribution in [1.82, 2.24) is 25.6 Å². The van der Waals surface area contributed by atoms with Gasteiger partial charge >= 0.3 is 0 Å². The zero-order valence-corrected chi connectivity index (χ0v) is 20.7. The number of piperidine rings is 2. The molecule has 4 heterocycles. The number of benzene rings is 1. The van der Waals surface area contributed by atoms with E-state index in [0.717, 1.165) is 57.1 Å². The van der Waals surface area contributed by atoms with Crippen LogP contribution >= 0.6 is 0 Å². The van der Waals surface area contributed by atoms with Crippen molar-refractivity contribution in [3.05, 3.63) is 78.4 Å². The zero-order valence-electron chi connectivity index (χ0n) is 20.7. The molecule has 3 aromatic rings. The molecule has 0 spiro atoms. The van der Waals surface area contributed by atoms with E-state index < -0.39 is 0 Å². The molecule has 2 fully saturated rings. The van der Waals surface area contributed by atoms with Gasteiger partial charge in [0.25, 0.3) is 5.91 Å². The smallest absolute Gasteiger partial charge is 0.251 e. The Hall–Kier alpha value is -3.52. The molecule has 2 N–H and O–H groups in total. The van der Waals surface area contributed by atoms with E-state index in [9.17, 15) is 4.79 Å². The maximum Gasteiger partial charge on any atom is 0.251 e. The molecule has 2 aromatic heterocycles. The van der Waals surface area contributed by atoms with Gasteiger partial charge in [0.2, 0.25) is 5.95 Å². The first-order valence-corrected chi connectivity index (χ1v) is 13.0. The summed E-state index contributed by atoms with van der Waals surface area (Å²) < 4.78 is 0. The van der Waals surface area contributed by atoms with Crippen molar-refractivity contribution < 1.29 is 4.79 Å². The van der Waals surface area contributed by atoms with Crippen LogP contribution in [0.1, 0.15) is 41.6 Å². The summed E-state index contributed by atoms with van der Waals surface area (Å²) in [4.78, 5) is 30.2. The number of amides is 1. The van der Waals surface area contributed by atoms with Crippen LogP contribution < -0.4 is 20.4 Å². The third-order valence-electron chi connectivity index (χ3n) is 7.21. The molecule has 2 aliphatic rings. The number of hydrogen-bond donors (Lipinski definition) is 2. The number of rotatable bonds is 8. The fourth-order valence-corrected chi connectivity index (χ4v) is 5.15. The van der Waals surface area contributed by atoms with Gasteiger partial charge in [-0.2, -0.15) is 0 Å². The minimum Gasteiger partial charge on any atom is -0.371 e. The van der Waals surface area contributed by atoms with Gasteiger partial charge in [-0.05, 0) is 80.1 Å². The lowest BCUT2D eigenvalue weighted by molar-refractivity contribution is 0.0951. The Morgan fingerprint density at radius 3 is 2.47 bits per heavy atom. The zero-order chi connectivity index (χ0) is 24.6. The molecule has 8 heteroatoms. The van der Waals surface area contributed by atoms with Gasteiger partial charge in [-0.3, -0.25) is 9.78 Å². The molecule has 0 bridgehead atoms. The molecule has 2 saturated heterocycles. The summed E-state index contributed by atoms with van der Waals surface area (Å²) in [6.07, 6.45) is 11.9. The van der Waals surface area contributed by atoms with Gasteiger partial charge in [-0.25, -0.2) is 9.97 Å². The van der Waals surface area contributed by atoms with Gasteiger partial charge in [0.05, 0.1) is 0 Å². The number of nitrogens with one attached hydrogen (secondary N) is 2. The lowest BCUT2D eigenvalue weighted by Crippen LogP contribution is -2.46. The second-order valence-electron chi connectivity index (χ2n) is 9.76. The van der Waals surface area contributed by atoms with E-state index in [1.807, 2.05) is 42.7 Å². The second-order valence-corrected chi connectivity index (χ2v) is 9.76. The Balaban J connectivity index is 1.04. The Labute approximate surface area is 213 Å². The van der Waals surface area contributed by atoms with Crippen molar-refractivity contribution in [2.24, 2.45) is 5.92 Å². The highest BCUT2D eigenvalue weighted by molar-refractivity contribution is 5.94. The Morgan fingerprint density at radius 1 is 0.917 bits per heavy atom. The highest BCUT2D eigenvalue weighted by atomic mass is 16.1. The largest absolute Gasteiger partial charge is 0.371 e. The quantitative estimate of drug-likeness (QED) is 0.506. The van der Waals surface area contributed by atoms with Gasteiger partial charge in [0.15, 0.2) is 0 Å². The molecular weight excluding hydrogens is 450 g/mol. The van der Waals surface area contributed by atoms with Gasteiger partial charge in [-0.1, -0.05) is 6.07 Å². The van der Waals surface area contributed by atoms with E-state index in [2.05, 4.69) is 47.5 Å². The molecule has 2 aliphatic heterocycles. The topological polar surface area (TPSA) is 86.3 Å². The fraction of sp³-hybridized carbons (Fsp3) is 0.429. The highest BCUT2D eigenvalue weighted by Crippen LogP contribution is 2.23. The fourth-order valence-electron chi connectivity index (χ4n) is 5.15. The number of nitrogens with zero attached hydrogens (tertiary/aromatic N) is 5. The average Bonchev–Trinajstić information content (AvgIpc) is 2.96. The third kappa shape index (κ3) is 6.37. The summed E-state index contributed by atoms with van der Waals surface area (Å²) in [5.41, 5.74) is 2.86. The number of carbonyl (C=O) groups excluding carboxylic acids is 1. The van der Waals surface area contributed by atoms with Crippen molar-refractivity contribution in [3.63, 3.8) is 0 Å². The van der Waals surface area contributed by atoms with Crippen LogP contribution in [0, 0.1) is 5.92 Å². The third-order valence-corrected chi connectivity index (χ3v) is 7.21. The van der Waals surface area contributed by atoms with E-state index in [-0.39, 0.29) is 5.91 Å². The van der Waals surface area contributed by atoms with Gasteiger partial charge in [-0.15, -0.1) is 0 Å². The molecule has 0 radical (unpaired) electrons. The van der Waals surface area contributed by atoms with Crippen LogP contribution in [0.25, 0.3) is 0 Å². The Morgan fingerprint density at radius 2 is 1.72 bits per heavy atom. The summed E-state index contributed by atoms with van der Waals surface area (Å²) in [5, 5.41) is 6.80. The monoisotopic (exact) mass is 485 g/mol. The lowest BCUT2D eigenvalue weighted by atomic mass is 9.96. The second kappa shape index (κ2) is 11.9. The molecule has 0 aliphatic carbocycles. The van der Waals surface area contributed by atoms with Crippen LogP contribution in [0.5, 0.6) is 0 Å². The molecule has 1 unspecified atom stereocenters. The summed E-state index contributed by atoms with van der Waals surface area (Å²) in [6, 6.07) is 14.2. The minimum atomic E-state index is -0.0617. The number of hydrogen-bond acceptors (Lipinski definition) is 7. The number of carbonyl (C=O) groups is 1. The maximum atomic E-state index is 12.5. The minimum absolute atomic E-state index is 0.0617. The van der Waals surface area contributed by atoms with E-state index in [1.54, 1.807) is 12.4 Å². The van der Waals surface area contributed by atoms with Gasteiger partial charge < -0.3 is 20.4 Å². The van der Waals surface area contributed by atoms with Crippen molar-refractivity contribution in [2.75, 3.05) is 42.5 Å². The van der Waals surface area contributed by atoms with E-state index in [4.69, 9.17) is 0 Å². The molecule has 1 amide bonds. The SMILES string of the molecule is O=C(NCc1cccnc1)c1ccc(N2CCC(NCC3CCCN(c4ncccn4)C3)CC2)cc1. The number of aromatic nitrogens is 3. The standard InChI is InChI=1S/C28H35N7O/c36-27(33-19-22-4-1-12-29-18-22)24-6-8-26(9-7-24)34-16-10-25(11-17-34)32-20-23-5-2-15-35(21-23)28-30-13-3-14-31-28/h1,3-4,6-9,12-14,18,23,25,32H,2,5,10-11,15-17,19-21H2,(H,33,36). The van der Waals surface area contributed by atoms with Crippen molar-refractivity contribution >= 4 is 17.5 Å². The van der Waals surface area contributed by atoms with E-state index in [0.29, 0.717) is 24.1 Å². The Kier molecular flexibility index (Phi) is 8.03. The normalized spacial score (nSPS) is 18.7. The van der Waals surface area contributed by atoms with Crippen molar-refractivity contribution in [1.29, 1.82) is 0 Å². The molecule has 5 rings (SSSR count). The van der Waals surface area contributed by atoms with Crippen molar-refractivity contribution in [2.45, 2.75) is 38.3 Å². The molecule has 1 atom stereocenters. The Bertz CT molecular complexity index is 1090. The number of anilines is 2. The first-order chi connectivity index (χ1) is 17.7. The maximum absolute atomic E-state index is 12.5. The summed E-state index contributed by atoms with van der Waals surface area (Å²) >= 11 is 0. The first-order valence-electron chi connectivity index (χ1n) is 13.0. The van der Waals surface area contributed by atoms with Crippen LogP contribution in [-0.2, 0) is 6.54 Å². The van der Waals surface area contributed by atoms with Crippen LogP contribution in [0.4, 0.5) is 11.6 Å². The predicted molar refractivity (Wildman–Crippen MR) is 142 cm³/mol. The molecular formula is C28H35N7O. The van der Waals surface area contributed by atoms with Crippen molar-refractivity contribution in [3.8, 4) is 0 Å². The molecule has 0 saturated carbocycles. The molecule has 36 heavy (non-hydrogen) atoms. The van der Waals surface area contributed by atoms with E-state index >= 15 is 0 Å². The average molecular weight is 486 g/mol. The van der Waals surface area contributed by atoms with Gasteiger partial charge in [0, 0.05) is 74.8 Å². The van der Waals surface area contributed by atoms with Crippen LogP contribution in [0.15, 0.2) is 67.3 Å².